The molecular formula is C22H20N2O4. The number of ether oxygens (including phenoxy) is 1. The standard InChI is InChI=1S/C22H20N2O4/c25-21(23-15-19-7-4-14-27-19)20-12-13-24(22(20)26)16-8-10-18(11-9-16)28-17-5-2-1-3-6-17/h1-11,14,20H,12-13,15H2,(H,23,25)/t20-/m1/s1. The van der Waals surface area contributed by atoms with Gasteiger partial charge in [-0.25, -0.2) is 0 Å². The smallest absolute Gasteiger partial charge is 0.239 e. The van der Waals surface area contributed by atoms with E-state index in [1.807, 2.05) is 54.6 Å². The number of benzene rings is 2. The van der Waals surface area contributed by atoms with E-state index in [-0.39, 0.29) is 18.4 Å². The number of carbonyl (C=O) groups excluding carboxylic acids is 2. The van der Waals surface area contributed by atoms with Crippen molar-refractivity contribution in [1.29, 1.82) is 0 Å². The second-order valence-electron chi connectivity index (χ2n) is 6.54. The first-order valence-electron chi connectivity index (χ1n) is 9.15. The van der Waals surface area contributed by atoms with Gasteiger partial charge in [-0.3, -0.25) is 9.59 Å². The topological polar surface area (TPSA) is 71.8 Å². The van der Waals surface area contributed by atoms with Crippen LogP contribution in [0.15, 0.2) is 77.4 Å². The molecule has 28 heavy (non-hydrogen) atoms. The first-order valence-corrected chi connectivity index (χ1v) is 9.15. The third-order valence-corrected chi connectivity index (χ3v) is 4.67. The molecular weight excluding hydrogens is 356 g/mol. The highest BCUT2D eigenvalue weighted by Crippen LogP contribution is 2.28. The highest BCUT2D eigenvalue weighted by Gasteiger charge is 2.37. The number of hydrogen-bond donors (Lipinski definition) is 1. The summed E-state index contributed by atoms with van der Waals surface area (Å²) < 4.78 is 11.0. The molecule has 0 spiro atoms. The van der Waals surface area contributed by atoms with Gasteiger partial charge >= 0.3 is 0 Å². The van der Waals surface area contributed by atoms with Crippen molar-refractivity contribution in [2.45, 2.75) is 13.0 Å². The molecule has 1 atom stereocenters. The van der Waals surface area contributed by atoms with E-state index in [9.17, 15) is 9.59 Å². The molecule has 1 saturated heterocycles. The summed E-state index contributed by atoms with van der Waals surface area (Å²) in [6.07, 6.45) is 2.04. The number of anilines is 1. The van der Waals surface area contributed by atoms with E-state index in [1.54, 1.807) is 23.3 Å². The number of amides is 2. The average Bonchev–Trinajstić information content (AvgIpc) is 3.37. The minimum atomic E-state index is -0.671. The van der Waals surface area contributed by atoms with Crippen molar-refractivity contribution in [3.05, 3.63) is 78.8 Å². The summed E-state index contributed by atoms with van der Waals surface area (Å²) in [4.78, 5) is 26.7. The number of rotatable bonds is 6. The van der Waals surface area contributed by atoms with Crippen LogP contribution >= 0.6 is 0 Å². The fourth-order valence-electron chi connectivity index (χ4n) is 3.21. The van der Waals surface area contributed by atoms with E-state index in [1.165, 1.54) is 0 Å². The first-order chi connectivity index (χ1) is 13.7. The Labute approximate surface area is 162 Å². The van der Waals surface area contributed by atoms with Crippen LogP contribution in [-0.4, -0.2) is 18.4 Å². The molecule has 6 heteroatoms. The Bertz CT molecular complexity index is 936. The summed E-state index contributed by atoms with van der Waals surface area (Å²) in [6, 6.07) is 20.3. The minimum Gasteiger partial charge on any atom is -0.467 e. The summed E-state index contributed by atoms with van der Waals surface area (Å²) in [5.41, 5.74) is 0.756. The summed E-state index contributed by atoms with van der Waals surface area (Å²) in [5.74, 6) is 0.969. The second-order valence-corrected chi connectivity index (χ2v) is 6.54. The van der Waals surface area contributed by atoms with Crippen molar-refractivity contribution in [2.75, 3.05) is 11.4 Å². The number of nitrogens with zero attached hydrogens (tertiary/aromatic N) is 1. The molecule has 3 aromatic rings. The zero-order valence-electron chi connectivity index (χ0n) is 15.2. The summed E-state index contributed by atoms with van der Waals surface area (Å²) in [5, 5.41) is 2.77. The molecule has 0 saturated carbocycles. The third-order valence-electron chi connectivity index (χ3n) is 4.67. The van der Waals surface area contributed by atoms with Crippen molar-refractivity contribution >= 4 is 17.5 Å². The third kappa shape index (κ3) is 3.91. The Balaban J connectivity index is 1.37. The highest BCUT2D eigenvalue weighted by molar-refractivity contribution is 6.09. The van der Waals surface area contributed by atoms with Gasteiger partial charge in [-0.15, -0.1) is 0 Å². The van der Waals surface area contributed by atoms with Crippen LogP contribution in [0.1, 0.15) is 12.2 Å². The molecule has 0 unspecified atom stereocenters. The van der Waals surface area contributed by atoms with Crippen LogP contribution in [0, 0.1) is 5.92 Å². The molecule has 0 bridgehead atoms. The molecule has 0 radical (unpaired) electrons. The molecule has 0 aliphatic carbocycles. The summed E-state index contributed by atoms with van der Waals surface area (Å²) in [7, 11) is 0. The van der Waals surface area contributed by atoms with E-state index >= 15 is 0 Å². The van der Waals surface area contributed by atoms with Crippen LogP contribution in [0.3, 0.4) is 0 Å². The lowest BCUT2D eigenvalue weighted by Gasteiger charge is -2.17. The molecule has 1 N–H and O–H groups in total. The largest absolute Gasteiger partial charge is 0.467 e. The fourth-order valence-corrected chi connectivity index (χ4v) is 3.21. The molecule has 1 aliphatic rings. The molecule has 2 amide bonds. The number of para-hydroxylation sites is 1. The molecule has 6 nitrogen and oxygen atoms in total. The van der Waals surface area contributed by atoms with E-state index in [0.29, 0.717) is 24.5 Å². The average molecular weight is 376 g/mol. The number of nitrogens with one attached hydrogen (secondary N) is 1. The number of carbonyl (C=O) groups is 2. The van der Waals surface area contributed by atoms with Crippen LogP contribution in [0.25, 0.3) is 0 Å². The van der Waals surface area contributed by atoms with Gasteiger partial charge in [0.25, 0.3) is 0 Å². The molecule has 4 rings (SSSR count). The number of hydrogen-bond acceptors (Lipinski definition) is 4. The molecule has 1 fully saturated rings. The zero-order valence-corrected chi connectivity index (χ0v) is 15.2. The number of furan rings is 1. The van der Waals surface area contributed by atoms with Crippen molar-refractivity contribution in [3.8, 4) is 11.5 Å². The van der Waals surface area contributed by atoms with E-state index in [4.69, 9.17) is 9.15 Å². The summed E-state index contributed by atoms with van der Waals surface area (Å²) >= 11 is 0. The van der Waals surface area contributed by atoms with Crippen LogP contribution in [0.5, 0.6) is 11.5 Å². The van der Waals surface area contributed by atoms with Crippen LogP contribution in [0.2, 0.25) is 0 Å². The Morgan fingerprint density at radius 1 is 1.04 bits per heavy atom. The SMILES string of the molecule is O=C(NCc1ccco1)[C@H]1CCN(c2ccc(Oc3ccccc3)cc2)C1=O. The Morgan fingerprint density at radius 3 is 2.50 bits per heavy atom. The van der Waals surface area contributed by atoms with Gasteiger partial charge in [-0.1, -0.05) is 18.2 Å². The Hall–Kier alpha value is -3.54. The second kappa shape index (κ2) is 8.00. The monoisotopic (exact) mass is 376 g/mol. The quantitative estimate of drug-likeness (QED) is 0.665. The van der Waals surface area contributed by atoms with Crippen LogP contribution in [-0.2, 0) is 16.1 Å². The normalized spacial score (nSPS) is 16.2. The van der Waals surface area contributed by atoms with E-state index in [2.05, 4.69) is 5.32 Å². The lowest BCUT2D eigenvalue weighted by Crippen LogP contribution is -2.36. The first kappa shape index (κ1) is 17.9. The molecule has 142 valence electrons. The van der Waals surface area contributed by atoms with E-state index < -0.39 is 5.92 Å². The molecule has 1 aromatic heterocycles. The molecule has 1 aliphatic heterocycles. The zero-order chi connectivity index (χ0) is 19.3. The van der Waals surface area contributed by atoms with Gasteiger partial charge < -0.3 is 19.4 Å². The maximum absolute atomic E-state index is 12.7. The van der Waals surface area contributed by atoms with Gasteiger partial charge in [-0.05, 0) is 55.0 Å². The van der Waals surface area contributed by atoms with Gasteiger partial charge in [0.1, 0.15) is 23.2 Å². The predicted octanol–water partition coefficient (Wildman–Crippen LogP) is 3.74. The minimum absolute atomic E-state index is 0.186. The highest BCUT2D eigenvalue weighted by atomic mass is 16.5. The maximum atomic E-state index is 12.7. The van der Waals surface area contributed by atoms with Crippen LogP contribution in [0.4, 0.5) is 5.69 Å². The molecule has 2 aromatic carbocycles. The lowest BCUT2D eigenvalue weighted by molar-refractivity contribution is -0.132. The fraction of sp³-hybridized carbons (Fsp3) is 0.182. The van der Waals surface area contributed by atoms with Gasteiger partial charge in [-0.2, -0.15) is 0 Å². The van der Waals surface area contributed by atoms with Crippen molar-refractivity contribution in [1.82, 2.24) is 5.32 Å². The molecule has 2 heterocycles. The van der Waals surface area contributed by atoms with Gasteiger partial charge in [0, 0.05) is 12.2 Å². The van der Waals surface area contributed by atoms with Crippen molar-refractivity contribution in [3.63, 3.8) is 0 Å². The van der Waals surface area contributed by atoms with Gasteiger partial charge in [0.15, 0.2) is 0 Å². The van der Waals surface area contributed by atoms with Crippen molar-refractivity contribution in [2.24, 2.45) is 5.92 Å². The summed E-state index contributed by atoms with van der Waals surface area (Å²) in [6.45, 7) is 0.789. The van der Waals surface area contributed by atoms with Crippen molar-refractivity contribution < 1.29 is 18.7 Å². The Kier molecular flexibility index (Phi) is 5.10. The van der Waals surface area contributed by atoms with Crippen LogP contribution < -0.4 is 15.0 Å². The predicted molar refractivity (Wildman–Crippen MR) is 104 cm³/mol. The maximum Gasteiger partial charge on any atom is 0.239 e. The van der Waals surface area contributed by atoms with Gasteiger partial charge in [0.05, 0.1) is 12.8 Å². The van der Waals surface area contributed by atoms with E-state index in [0.717, 1.165) is 11.4 Å². The lowest BCUT2D eigenvalue weighted by atomic mass is 10.1. The Morgan fingerprint density at radius 2 is 1.79 bits per heavy atom. The van der Waals surface area contributed by atoms with Gasteiger partial charge in [0.2, 0.25) is 11.8 Å².